The Labute approximate surface area is 310 Å². The minimum atomic E-state index is -0.399. The average Bonchev–Trinajstić information content (AvgIpc) is 3.59. The first-order valence-corrected chi connectivity index (χ1v) is 17.4. The standard InChI is InChI=1S/C50H34N2/c1-3-13-35(14-4-1)37-25-29-41(30-26-37)51(40-17-5-2-6-18-40)48-24-12-21-44-43(20-11-22-45(44)48)39-28-32-50-47(34-39)46-19-9-10-23-49(46)52(50)42-31-27-36-15-7-8-16-38(36)33-42/h1-34H/i1D,3D,4D,13D,14D. The largest absolute Gasteiger partial charge is 0.310 e. The van der Waals surface area contributed by atoms with Crippen LogP contribution in [0.1, 0.15) is 6.85 Å². The van der Waals surface area contributed by atoms with Crippen molar-refractivity contribution in [2.45, 2.75) is 0 Å². The number of hydrogen-bond donors (Lipinski definition) is 0. The molecule has 0 fully saturated rings. The molecule has 0 aliphatic rings. The van der Waals surface area contributed by atoms with Crippen LogP contribution in [-0.4, -0.2) is 4.57 Å². The van der Waals surface area contributed by atoms with Crippen molar-refractivity contribution >= 4 is 60.4 Å². The Morgan fingerprint density at radius 3 is 1.94 bits per heavy atom. The van der Waals surface area contributed by atoms with Crippen LogP contribution in [0.15, 0.2) is 206 Å². The van der Waals surface area contributed by atoms with E-state index in [1.807, 2.05) is 42.5 Å². The molecule has 2 heteroatoms. The second-order valence-corrected chi connectivity index (χ2v) is 13.0. The molecule has 2 nitrogen and oxygen atoms in total. The van der Waals surface area contributed by atoms with Crippen molar-refractivity contribution in [3.8, 4) is 27.9 Å². The first-order valence-electron chi connectivity index (χ1n) is 19.9. The van der Waals surface area contributed by atoms with Crippen molar-refractivity contribution in [1.29, 1.82) is 0 Å². The third kappa shape index (κ3) is 5.04. The average molecular weight is 668 g/mol. The molecule has 0 radical (unpaired) electrons. The highest BCUT2D eigenvalue weighted by Gasteiger charge is 2.18. The fraction of sp³-hybridized carbons (Fsp3) is 0. The zero-order chi connectivity index (χ0) is 38.8. The molecule has 1 aromatic heterocycles. The third-order valence-corrected chi connectivity index (χ3v) is 10.0. The van der Waals surface area contributed by atoms with Crippen molar-refractivity contribution in [3.05, 3.63) is 206 Å². The fourth-order valence-corrected chi connectivity index (χ4v) is 7.65. The maximum Gasteiger partial charge on any atom is 0.0629 e. The van der Waals surface area contributed by atoms with Crippen LogP contribution in [-0.2, 0) is 0 Å². The Kier molecular flexibility index (Phi) is 6.01. The summed E-state index contributed by atoms with van der Waals surface area (Å²) in [4.78, 5) is 2.21. The summed E-state index contributed by atoms with van der Waals surface area (Å²) < 4.78 is 43.8. The van der Waals surface area contributed by atoms with Crippen molar-refractivity contribution in [1.82, 2.24) is 4.57 Å². The van der Waals surface area contributed by atoms with E-state index in [1.54, 1.807) is 0 Å². The summed E-state index contributed by atoms with van der Waals surface area (Å²) in [7, 11) is 0. The molecule has 0 amide bonds. The maximum atomic E-state index is 8.53. The molecule has 0 saturated heterocycles. The van der Waals surface area contributed by atoms with Gasteiger partial charge in [0.05, 0.1) is 23.6 Å². The predicted octanol–water partition coefficient (Wildman–Crippen LogP) is 13.9. The van der Waals surface area contributed by atoms with E-state index in [1.165, 1.54) is 21.5 Å². The van der Waals surface area contributed by atoms with Crippen LogP contribution in [0.3, 0.4) is 0 Å². The van der Waals surface area contributed by atoms with E-state index in [2.05, 4.69) is 143 Å². The molecule has 10 rings (SSSR count). The molecule has 10 aromatic rings. The molecule has 0 aliphatic heterocycles. The molecule has 52 heavy (non-hydrogen) atoms. The molecule has 0 aliphatic carbocycles. The Morgan fingerprint density at radius 1 is 0.404 bits per heavy atom. The van der Waals surface area contributed by atoms with Crippen molar-refractivity contribution in [2.24, 2.45) is 0 Å². The van der Waals surface area contributed by atoms with Crippen molar-refractivity contribution in [2.75, 3.05) is 4.90 Å². The SMILES string of the molecule is [2H]c1c([2H])c([2H])c(-c2ccc(N(c3ccccc3)c3cccc4c(-c5ccc6c(c5)c5ccccc5n6-c5ccc6ccccc6c5)cccc34)cc2)c([2H])c1[2H]. The molecule has 0 saturated carbocycles. The molecule has 1 heterocycles. The molecule has 0 spiro atoms. The number of anilines is 3. The lowest BCUT2D eigenvalue weighted by atomic mass is 9.95. The van der Waals surface area contributed by atoms with Crippen molar-refractivity contribution in [3.63, 3.8) is 0 Å². The van der Waals surface area contributed by atoms with Gasteiger partial charge in [0.2, 0.25) is 0 Å². The highest BCUT2D eigenvalue weighted by atomic mass is 15.1. The topological polar surface area (TPSA) is 8.17 Å². The molecule has 0 unspecified atom stereocenters. The van der Waals surface area contributed by atoms with E-state index in [-0.39, 0.29) is 29.7 Å². The van der Waals surface area contributed by atoms with Crippen LogP contribution < -0.4 is 4.90 Å². The zero-order valence-electron chi connectivity index (χ0n) is 33.1. The first-order chi connectivity index (χ1) is 27.9. The molecule has 0 bridgehead atoms. The second kappa shape index (κ2) is 12.5. The van der Waals surface area contributed by atoms with Gasteiger partial charge in [0, 0.05) is 33.2 Å². The summed E-state index contributed by atoms with van der Waals surface area (Å²) >= 11 is 0. The Bertz CT molecular complexity index is 3160. The fourth-order valence-electron chi connectivity index (χ4n) is 7.65. The van der Waals surface area contributed by atoms with Crippen LogP contribution in [0.25, 0.3) is 71.3 Å². The van der Waals surface area contributed by atoms with Gasteiger partial charge in [-0.25, -0.2) is 0 Å². The highest BCUT2D eigenvalue weighted by molar-refractivity contribution is 6.12. The zero-order valence-corrected chi connectivity index (χ0v) is 28.1. The minimum Gasteiger partial charge on any atom is -0.310 e. The second-order valence-electron chi connectivity index (χ2n) is 13.0. The number of aromatic nitrogens is 1. The molecular weight excluding hydrogens is 629 g/mol. The van der Waals surface area contributed by atoms with E-state index in [9.17, 15) is 0 Å². The Morgan fingerprint density at radius 2 is 1.08 bits per heavy atom. The van der Waals surface area contributed by atoms with Crippen LogP contribution in [0.5, 0.6) is 0 Å². The van der Waals surface area contributed by atoms with Crippen LogP contribution >= 0.6 is 0 Å². The summed E-state index contributed by atoms with van der Waals surface area (Å²) in [5.74, 6) is 0. The van der Waals surface area contributed by atoms with Gasteiger partial charge in [0.25, 0.3) is 0 Å². The van der Waals surface area contributed by atoms with Gasteiger partial charge in [-0.1, -0.05) is 145 Å². The van der Waals surface area contributed by atoms with E-state index in [0.717, 1.165) is 55.7 Å². The lowest BCUT2D eigenvalue weighted by Crippen LogP contribution is -2.10. The van der Waals surface area contributed by atoms with Crippen LogP contribution in [0, 0.1) is 0 Å². The number of fused-ring (bicyclic) bond motifs is 5. The summed E-state index contributed by atoms with van der Waals surface area (Å²) in [6, 6.07) is 59.7. The van der Waals surface area contributed by atoms with Gasteiger partial charge in [-0.2, -0.15) is 0 Å². The molecule has 0 atom stereocenters. The van der Waals surface area contributed by atoms with Gasteiger partial charge in [0.15, 0.2) is 0 Å². The smallest absolute Gasteiger partial charge is 0.0629 e. The molecule has 0 N–H and O–H groups in total. The first kappa shape index (κ1) is 25.1. The lowest BCUT2D eigenvalue weighted by molar-refractivity contribution is 1.19. The van der Waals surface area contributed by atoms with Gasteiger partial charge < -0.3 is 9.47 Å². The third-order valence-electron chi connectivity index (χ3n) is 10.0. The predicted molar refractivity (Wildman–Crippen MR) is 221 cm³/mol. The van der Waals surface area contributed by atoms with Gasteiger partial charge in [-0.05, 0) is 99.1 Å². The van der Waals surface area contributed by atoms with E-state index < -0.39 is 6.04 Å². The molecule has 9 aromatic carbocycles. The Hall–Kier alpha value is -6.90. The summed E-state index contributed by atoms with van der Waals surface area (Å²) in [5, 5.41) is 7.01. The quantitative estimate of drug-likeness (QED) is 0.171. The van der Waals surface area contributed by atoms with Crippen LogP contribution in [0.4, 0.5) is 17.1 Å². The van der Waals surface area contributed by atoms with Gasteiger partial charge in [-0.3, -0.25) is 0 Å². The monoisotopic (exact) mass is 667 g/mol. The number of nitrogens with zero attached hydrogens (tertiary/aromatic N) is 2. The summed E-state index contributed by atoms with van der Waals surface area (Å²) in [6.45, 7) is 0. The highest BCUT2D eigenvalue weighted by Crippen LogP contribution is 2.43. The minimum absolute atomic E-state index is 0.186. The van der Waals surface area contributed by atoms with E-state index in [4.69, 9.17) is 6.85 Å². The Balaban J connectivity index is 1.11. The van der Waals surface area contributed by atoms with Crippen molar-refractivity contribution < 1.29 is 6.85 Å². The van der Waals surface area contributed by atoms with E-state index in [0.29, 0.717) is 5.56 Å². The van der Waals surface area contributed by atoms with E-state index >= 15 is 0 Å². The van der Waals surface area contributed by atoms with Crippen LogP contribution in [0.2, 0.25) is 0 Å². The number of para-hydroxylation sites is 2. The number of rotatable bonds is 6. The van der Waals surface area contributed by atoms with Gasteiger partial charge in [0.1, 0.15) is 0 Å². The molecule has 244 valence electrons. The lowest BCUT2D eigenvalue weighted by Gasteiger charge is -2.27. The number of hydrogen-bond acceptors (Lipinski definition) is 1. The van der Waals surface area contributed by atoms with Gasteiger partial charge >= 0.3 is 0 Å². The summed E-state index contributed by atoms with van der Waals surface area (Å²) in [6.07, 6.45) is 0. The maximum absolute atomic E-state index is 8.53. The normalized spacial score (nSPS) is 12.8. The van der Waals surface area contributed by atoms with Gasteiger partial charge in [-0.15, -0.1) is 0 Å². The summed E-state index contributed by atoms with van der Waals surface area (Å²) in [5.41, 5.74) is 9.27. The molecular formula is C50H34N2. The number of benzene rings is 9.